The maximum absolute atomic E-state index is 11.8. The van der Waals surface area contributed by atoms with Gasteiger partial charge in [0.2, 0.25) is 0 Å². The van der Waals surface area contributed by atoms with Gasteiger partial charge in [0.25, 0.3) is 5.91 Å². The number of rotatable bonds is 4. The Labute approximate surface area is 154 Å². The summed E-state index contributed by atoms with van der Waals surface area (Å²) in [5.74, 6) is 0.295. The van der Waals surface area contributed by atoms with Crippen LogP contribution in [-0.4, -0.2) is 64.3 Å². The molecule has 2 aliphatic rings. The highest BCUT2D eigenvalue weighted by molar-refractivity contribution is 6.31. The van der Waals surface area contributed by atoms with Crippen molar-refractivity contribution in [3.63, 3.8) is 0 Å². The van der Waals surface area contributed by atoms with Gasteiger partial charge in [0.1, 0.15) is 5.38 Å². The molecule has 0 bridgehead atoms. The monoisotopic (exact) mass is 365 g/mol. The SMILES string of the molecule is CC(C)c1ncccc1CN1CCN(C2CNNC(=O)C2Cl)[C@H](C)C1. The number of carbonyl (C=O) groups is 1. The Bertz CT molecular complexity index is 611. The Balaban J connectivity index is 1.63. The van der Waals surface area contributed by atoms with Crippen molar-refractivity contribution in [3.8, 4) is 0 Å². The second-order valence-electron chi connectivity index (χ2n) is 7.36. The number of nitrogens with zero attached hydrogens (tertiary/aromatic N) is 3. The van der Waals surface area contributed by atoms with Gasteiger partial charge in [0.15, 0.2) is 0 Å². The lowest BCUT2D eigenvalue weighted by Gasteiger charge is -2.46. The van der Waals surface area contributed by atoms with Crippen LogP contribution in [0.2, 0.25) is 0 Å². The van der Waals surface area contributed by atoms with E-state index in [0.29, 0.717) is 18.5 Å². The molecule has 138 valence electrons. The van der Waals surface area contributed by atoms with Gasteiger partial charge in [-0.3, -0.25) is 25.0 Å². The lowest BCUT2D eigenvalue weighted by atomic mass is 10.0. The second kappa shape index (κ2) is 7.99. The van der Waals surface area contributed by atoms with Gasteiger partial charge in [-0.15, -0.1) is 11.6 Å². The van der Waals surface area contributed by atoms with Crippen LogP contribution in [0.4, 0.5) is 0 Å². The first-order chi connectivity index (χ1) is 12.0. The molecule has 3 atom stereocenters. The molecule has 0 aliphatic carbocycles. The molecular formula is C18H28ClN5O. The normalized spacial score (nSPS) is 29.0. The first kappa shape index (κ1) is 18.6. The van der Waals surface area contributed by atoms with Crippen LogP contribution in [0.15, 0.2) is 18.3 Å². The first-order valence-electron chi connectivity index (χ1n) is 9.06. The van der Waals surface area contributed by atoms with E-state index in [1.54, 1.807) is 0 Å². The minimum Gasteiger partial charge on any atom is -0.296 e. The molecule has 0 radical (unpaired) electrons. The van der Waals surface area contributed by atoms with E-state index in [1.807, 2.05) is 12.3 Å². The number of carbonyl (C=O) groups excluding carboxylic acids is 1. The average Bonchev–Trinajstić information content (AvgIpc) is 2.58. The van der Waals surface area contributed by atoms with Gasteiger partial charge in [0.05, 0.1) is 0 Å². The van der Waals surface area contributed by atoms with Crippen LogP contribution in [-0.2, 0) is 11.3 Å². The predicted molar refractivity (Wildman–Crippen MR) is 99.3 cm³/mol. The number of halogens is 1. The third-order valence-corrected chi connectivity index (χ3v) is 5.66. The molecule has 1 aromatic heterocycles. The molecule has 2 unspecified atom stereocenters. The Kier molecular flexibility index (Phi) is 5.94. The van der Waals surface area contributed by atoms with Crippen molar-refractivity contribution >= 4 is 17.5 Å². The van der Waals surface area contributed by atoms with Gasteiger partial charge in [0, 0.05) is 56.7 Å². The van der Waals surface area contributed by atoms with Crippen LogP contribution in [0.25, 0.3) is 0 Å². The molecule has 0 aromatic carbocycles. The van der Waals surface area contributed by atoms with E-state index in [0.717, 1.165) is 26.2 Å². The molecule has 1 aromatic rings. The summed E-state index contributed by atoms with van der Waals surface area (Å²) in [6, 6.07) is 4.60. The molecule has 2 fully saturated rings. The molecule has 2 aliphatic heterocycles. The third kappa shape index (κ3) is 4.14. The third-order valence-electron chi connectivity index (χ3n) is 5.17. The van der Waals surface area contributed by atoms with Crippen molar-refractivity contribution in [2.75, 3.05) is 26.2 Å². The highest BCUT2D eigenvalue weighted by Gasteiger charge is 2.38. The number of alkyl halides is 1. The van der Waals surface area contributed by atoms with E-state index >= 15 is 0 Å². The molecular weight excluding hydrogens is 338 g/mol. The van der Waals surface area contributed by atoms with E-state index < -0.39 is 5.38 Å². The zero-order chi connectivity index (χ0) is 18.0. The fourth-order valence-electron chi connectivity index (χ4n) is 3.90. The number of hydrazine groups is 1. The summed E-state index contributed by atoms with van der Waals surface area (Å²) < 4.78 is 0. The number of hydrogen-bond donors (Lipinski definition) is 2. The Morgan fingerprint density at radius 3 is 2.92 bits per heavy atom. The zero-order valence-corrected chi connectivity index (χ0v) is 16.0. The standard InChI is InChI=1S/C18H28ClN5O/c1-12(2)17-14(5-4-6-20-17)11-23-7-8-24(13(3)10-23)15-9-21-22-18(25)16(15)19/h4-6,12-13,15-16,21H,7-11H2,1-3H3,(H,22,25)/t13-,15?,16?/m1/s1. The predicted octanol–water partition coefficient (Wildman–Crippen LogP) is 1.32. The van der Waals surface area contributed by atoms with Crippen LogP contribution in [0.3, 0.4) is 0 Å². The maximum atomic E-state index is 11.8. The van der Waals surface area contributed by atoms with E-state index in [1.165, 1.54) is 11.3 Å². The summed E-state index contributed by atoms with van der Waals surface area (Å²) in [7, 11) is 0. The number of aromatic nitrogens is 1. The fraction of sp³-hybridized carbons (Fsp3) is 0.667. The Morgan fingerprint density at radius 1 is 1.40 bits per heavy atom. The van der Waals surface area contributed by atoms with Crippen molar-refractivity contribution < 1.29 is 4.79 Å². The summed E-state index contributed by atoms with van der Waals surface area (Å²) in [6.07, 6.45) is 1.88. The summed E-state index contributed by atoms with van der Waals surface area (Å²) >= 11 is 6.34. The van der Waals surface area contributed by atoms with Crippen molar-refractivity contribution in [2.24, 2.45) is 0 Å². The van der Waals surface area contributed by atoms with E-state index in [-0.39, 0.29) is 11.9 Å². The lowest BCUT2D eigenvalue weighted by Crippen LogP contribution is -2.66. The molecule has 2 saturated heterocycles. The first-order valence-corrected chi connectivity index (χ1v) is 9.49. The van der Waals surface area contributed by atoms with E-state index in [2.05, 4.69) is 52.5 Å². The molecule has 0 saturated carbocycles. The van der Waals surface area contributed by atoms with E-state index in [4.69, 9.17) is 11.6 Å². The molecule has 3 rings (SSSR count). The summed E-state index contributed by atoms with van der Waals surface area (Å²) in [6.45, 7) is 11.1. The van der Waals surface area contributed by atoms with Gasteiger partial charge in [-0.05, 0) is 24.5 Å². The summed E-state index contributed by atoms with van der Waals surface area (Å²) in [5.41, 5.74) is 8.06. The molecule has 6 nitrogen and oxygen atoms in total. The Morgan fingerprint density at radius 2 is 2.20 bits per heavy atom. The van der Waals surface area contributed by atoms with Crippen molar-refractivity contribution in [3.05, 3.63) is 29.6 Å². The highest BCUT2D eigenvalue weighted by atomic mass is 35.5. The fourth-order valence-corrected chi connectivity index (χ4v) is 4.19. The van der Waals surface area contributed by atoms with Crippen LogP contribution in [0.5, 0.6) is 0 Å². The quantitative estimate of drug-likeness (QED) is 0.788. The molecule has 7 heteroatoms. The van der Waals surface area contributed by atoms with Gasteiger partial charge >= 0.3 is 0 Å². The highest BCUT2D eigenvalue weighted by Crippen LogP contribution is 2.23. The lowest BCUT2D eigenvalue weighted by molar-refractivity contribution is -0.125. The van der Waals surface area contributed by atoms with Crippen molar-refractivity contribution in [2.45, 2.75) is 50.7 Å². The number of hydrogen-bond acceptors (Lipinski definition) is 5. The summed E-state index contributed by atoms with van der Waals surface area (Å²) in [4.78, 5) is 21.2. The van der Waals surface area contributed by atoms with Gasteiger partial charge in [-0.2, -0.15) is 0 Å². The van der Waals surface area contributed by atoms with Gasteiger partial charge in [-0.25, -0.2) is 5.43 Å². The van der Waals surface area contributed by atoms with Crippen molar-refractivity contribution in [1.82, 2.24) is 25.6 Å². The summed E-state index contributed by atoms with van der Waals surface area (Å²) in [5, 5.41) is -0.499. The number of nitrogens with one attached hydrogen (secondary N) is 2. The van der Waals surface area contributed by atoms with Crippen LogP contribution in [0, 0.1) is 0 Å². The molecule has 2 N–H and O–H groups in total. The molecule has 1 amide bonds. The second-order valence-corrected chi connectivity index (χ2v) is 7.83. The van der Waals surface area contributed by atoms with Crippen LogP contribution < -0.4 is 10.9 Å². The smallest absolute Gasteiger partial charge is 0.253 e. The van der Waals surface area contributed by atoms with Crippen LogP contribution in [0.1, 0.15) is 37.9 Å². The Hall–Kier alpha value is -1.21. The number of amides is 1. The van der Waals surface area contributed by atoms with Crippen molar-refractivity contribution in [1.29, 1.82) is 0 Å². The number of pyridine rings is 1. The maximum Gasteiger partial charge on any atom is 0.253 e. The minimum absolute atomic E-state index is 0.0391. The molecule has 3 heterocycles. The topological polar surface area (TPSA) is 60.5 Å². The average molecular weight is 366 g/mol. The van der Waals surface area contributed by atoms with Gasteiger partial charge < -0.3 is 0 Å². The molecule has 0 spiro atoms. The molecule has 25 heavy (non-hydrogen) atoms. The number of piperazine rings is 1. The van der Waals surface area contributed by atoms with E-state index in [9.17, 15) is 4.79 Å². The van der Waals surface area contributed by atoms with Gasteiger partial charge in [-0.1, -0.05) is 19.9 Å². The zero-order valence-electron chi connectivity index (χ0n) is 15.2. The largest absolute Gasteiger partial charge is 0.296 e. The van der Waals surface area contributed by atoms with Crippen LogP contribution >= 0.6 is 11.6 Å². The minimum atomic E-state index is -0.499.